The van der Waals surface area contributed by atoms with Crippen molar-refractivity contribution in [1.29, 1.82) is 0 Å². The zero-order valence-electron chi connectivity index (χ0n) is 14.1. The summed E-state index contributed by atoms with van der Waals surface area (Å²) in [6.07, 6.45) is 0. The van der Waals surface area contributed by atoms with Gasteiger partial charge in [-0.05, 0) is 30.5 Å². The summed E-state index contributed by atoms with van der Waals surface area (Å²) >= 11 is 1.55. The van der Waals surface area contributed by atoms with Crippen LogP contribution in [0.15, 0.2) is 40.1 Å². The fourth-order valence-corrected chi connectivity index (χ4v) is 2.89. The van der Waals surface area contributed by atoms with Crippen molar-refractivity contribution in [3.8, 4) is 22.3 Å². The van der Waals surface area contributed by atoms with Crippen LogP contribution in [0.25, 0.3) is 10.8 Å². The Morgan fingerprint density at radius 3 is 2.80 bits per heavy atom. The molecule has 0 N–H and O–H groups in total. The minimum atomic E-state index is -0.478. The van der Waals surface area contributed by atoms with E-state index in [0.717, 1.165) is 4.88 Å². The second kappa shape index (κ2) is 7.40. The van der Waals surface area contributed by atoms with Gasteiger partial charge < -0.3 is 18.6 Å². The first-order chi connectivity index (χ1) is 12.1. The molecule has 0 saturated carbocycles. The number of carbonyl (C=O) groups excluding carboxylic acids is 1. The molecular formula is C18H17NO5S. The summed E-state index contributed by atoms with van der Waals surface area (Å²) in [5.41, 5.74) is 0.991. The molecule has 0 aliphatic heterocycles. The van der Waals surface area contributed by atoms with E-state index in [1.807, 2.05) is 24.4 Å². The Kier molecular flexibility index (Phi) is 5.04. The monoisotopic (exact) mass is 359 g/mol. The van der Waals surface area contributed by atoms with Crippen LogP contribution in [0.1, 0.15) is 21.8 Å². The quantitative estimate of drug-likeness (QED) is 0.618. The minimum absolute atomic E-state index is 0.165. The Bertz CT molecular complexity index is 870. The summed E-state index contributed by atoms with van der Waals surface area (Å²) in [6, 6.07) is 8.80. The van der Waals surface area contributed by atoms with Crippen molar-refractivity contribution >= 4 is 17.3 Å². The highest BCUT2D eigenvalue weighted by molar-refractivity contribution is 7.13. The second-order valence-corrected chi connectivity index (χ2v) is 6.09. The van der Waals surface area contributed by atoms with E-state index in [2.05, 4.69) is 4.98 Å². The topological polar surface area (TPSA) is 70.8 Å². The van der Waals surface area contributed by atoms with E-state index in [0.29, 0.717) is 34.4 Å². The smallest absolute Gasteiger partial charge is 0.341 e. The molecule has 0 aliphatic carbocycles. The van der Waals surface area contributed by atoms with Gasteiger partial charge in [0, 0.05) is 6.07 Å². The number of methoxy groups -OCH3 is 2. The number of ether oxygens (including phenoxy) is 3. The Balaban J connectivity index is 1.83. The number of thiophene rings is 1. The molecule has 0 unspecified atom stereocenters. The summed E-state index contributed by atoms with van der Waals surface area (Å²) in [5, 5.41) is 1.96. The molecule has 0 saturated heterocycles. The molecule has 1 aromatic carbocycles. The number of hydrogen-bond donors (Lipinski definition) is 0. The van der Waals surface area contributed by atoms with Gasteiger partial charge in [0.2, 0.25) is 5.89 Å². The van der Waals surface area contributed by atoms with Gasteiger partial charge in [0.25, 0.3) is 0 Å². The Morgan fingerprint density at radius 2 is 2.12 bits per heavy atom. The van der Waals surface area contributed by atoms with Gasteiger partial charge in [-0.15, -0.1) is 11.3 Å². The van der Waals surface area contributed by atoms with Crippen molar-refractivity contribution in [3.63, 3.8) is 0 Å². The maximum Gasteiger partial charge on any atom is 0.341 e. The van der Waals surface area contributed by atoms with Crippen LogP contribution in [0.4, 0.5) is 0 Å². The average molecular weight is 359 g/mol. The van der Waals surface area contributed by atoms with E-state index in [1.165, 1.54) is 7.11 Å². The molecule has 0 radical (unpaired) electrons. The van der Waals surface area contributed by atoms with Crippen LogP contribution in [0.2, 0.25) is 0 Å². The van der Waals surface area contributed by atoms with E-state index in [-0.39, 0.29) is 6.61 Å². The third-order valence-electron chi connectivity index (χ3n) is 3.58. The summed E-state index contributed by atoms with van der Waals surface area (Å²) in [7, 11) is 2.87. The van der Waals surface area contributed by atoms with Crippen molar-refractivity contribution < 1.29 is 23.4 Å². The molecule has 0 fully saturated rings. The van der Waals surface area contributed by atoms with Crippen LogP contribution in [0.3, 0.4) is 0 Å². The Labute approximate surface area is 149 Å². The normalized spacial score (nSPS) is 10.5. The van der Waals surface area contributed by atoms with E-state index in [4.69, 9.17) is 18.6 Å². The largest absolute Gasteiger partial charge is 0.497 e. The lowest BCUT2D eigenvalue weighted by atomic mass is 10.2. The van der Waals surface area contributed by atoms with Crippen LogP contribution >= 0.6 is 11.3 Å². The van der Waals surface area contributed by atoms with Gasteiger partial charge in [-0.3, -0.25) is 0 Å². The van der Waals surface area contributed by atoms with Crippen molar-refractivity contribution in [3.05, 3.63) is 52.7 Å². The molecule has 2 aromatic heterocycles. The molecule has 6 nitrogen and oxygen atoms in total. The van der Waals surface area contributed by atoms with Crippen LogP contribution < -0.4 is 9.47 Å². The number of aromatic nitrogens is 1. The molecule has 3 aromatic rings. The second-order valence-electron chi connectivity index (χ2n) is 5.14. The molecular weight excluding hydrogens is 342 g/mol. The van der Waals surface area contributed by atoms with Gasteiger partial charge in [0.05, 0.1) is 19.1 Å². The number of hydrogen-bond acceptors (Lipinski definition) is 7. The molecule has 0 bridgehead atoms. The zero-order valence-corrected chi connectivity index (χ0v) is 14.9. The lowest BCUT2D eigenvalue weighted by Crippen LogP contribution is -2.06. The SMILES string of the molecule is COC(=O)c1ccc(OC)cc1OCc1nc(-c2cccs2)oc1C. The Morgan fingerprint density at radius 1 is 1.28 bits per heavy atom. The molecule has 7 heteroatoms. The predicted octanol–water partition coefficient (Wildman–Crippen LogP) is 4.09. The first-order valence-corrected chi connectivity index (χ1v) is 8.39. The first-order valence-electron chi connectivity index (χ1n) is 7.51. The number of carbonyl (C=O) groups is 1. The highest BCUT2D eigenvalue weighted by atomic mass is 32.1. The number of nitrogens with zero attached hydrogens (tertiary/aromatic N) is 1. The molecule has 3 rings (SSSR count). The molecule has 0 atom stereocenters. The molecule has 130 valence electrons. The summed E-state index contributed by atoms with van der Waals surface area (Å²) < 4.78 is 21.5. The van der Waals surface area contributed by atoms with Crippen LogP contribution in [-0.4, -0.2) is 25.2 Å². The van der Waals surface area contributed by atoms with E-state index in [1.54, 1.807) is 36.6 Å². The first kappa shape index (κ1) is 17.0. The molecule has 0 spiro atoms. The van der Waals surface area contributed by atoms with Crippen LogP contribution in [0, 0.1) is 6.92 Å². The van der Waals surface area contributed by atoms with E-state index >= 15 is 0 Å². The highest BCUT2D eigenvalue weighted by Gasteiger charge is 2.17. The molecule has 0 amide bonds. The average Bonchev–Trinajstić information content (AvgIpc) is 3.28. The van der Waals surface area contributed by atoms with Gasteiger partial charge in [-0.2, -0.15) is 0 Å². The van der Waals surface area contributed by atoms with Gasteiger partial charge in [-0.25, -0.2) is 9.78 Å². The fraction of sp³-hybridized carbons (Fsp3) is 0.222. The number of oxazole rings is 1. The number of rotatable bonds is 6. The van der Waals surface area contributed by atoms with Crippen molar-refractivity contribution in [2.24, 2.45) is 0 Å². The van der Waals surface area contributed by atoms with Crippen molar-refractivity contribution in [2.75, 3.05) is 14.2 Å². The maximum absolute atomic E-state index is 11.9. The van der Waals surface area contributed by atoms with Crippen molar-refractivity contribution in [1.82, 2.24) is 4.98 Å². The fourth-order valence-electron chi connectivity index (χ4n) is 2.24. The minimum Gasteiger partial charge on any atom is -0.497 e. The van der Waals surface area contributed by atoms with Crippen LogP contribution in [0.5, 0.6) is 11.5 Å². The van der Waals surface area contributed by atoms with Crippen molar-refractivity contribution in [2.45, 2.75) is 13.5 Å². The van der Waals surface area contributed by atoms with E-state index < -0.39 is 5.97 Å². The van der Waals surface area contributed by atoms with Gasteiger partial charge in [0.1, 0.15) is 35.1 Å². The van der Waals surface area contributed by atoms with Gasteiger partial charge in [-0.1, -0.05) is 6.07 Å². The molecule has 2 heterocycles. The third-order valence-corrected chi connectivity index (χ3v) is 4.44. The predicted molar refractivity (Wildman–Crippen MR) is 93.2 cm³/mol. The van der Waals surface area contributed by atoms with Crippen LogP contribution in [-0.2, 0) is 11.3 Å². The standard InChI is InChI=1S/C18H17NO5S/c1-11-14(19-17(24-11)16-5-4-8-25-16)10-23-15-9-12(21-2)6-7-13(15)18(20)22-3/h4-9H,10H2,1-3H3. The molecule has 0 aliphatic rings. The lowest BCUT2D eigenvalue weighted by Gasteiger charge is -2.11. The summed E-state index contributed by atoms with van der Waals surface area (Å²) in [4.78, 5) is 17.3. The highest BCUT2D eigenvalue weighted by Crippen LogP contribution is 2.29. The number of esters is 1. The third kappa shape index (κ3) is 3.66. The number of benzene rings is 1. The van der Waals surface area contributed by atoms with E-state index in [9.17, 15) is 4.79 Å². The van der Waals surface area contributed by atoms with Gasteiger partial charge >= 0.3 is 5.97 Å². The summed E-state index contributed by atoms with van der Waals surface area (Å²) in [6.45, 7) is 1.99. The number of aryl methyl sites for hydroxylation is 1. The molecule has 25 heavy (non-hydrogen) atoms. The maximum atomic E-state index is 11.9. The Hall–Kier alpha value is -2.80. The summed E-state index contributed by atoms with van der Waals surface area (Å²) in [5.74, 6) is 1.70. The zero-order chi connectivity index (χ0) is 17.8. The van der Waals surface area contributed by atoms with Gasteiger partial charge in [0.15, 0.2) is 0 Å². The lowest BCUT2D eigenvalue weighted by molar-refractivity contribution is 0.0595.